The van der Waals surface area contributed by atoms with Crippen molar-refractivity contribution < 1.29 is 9.59 Å². The average Bonchev–Trinajstić information content (AvgIpc) is 2.86. The first kappa shape index (κ1) is 14.9. The van der Waals surface area contributed by atoms with Crippen LogP contribution >= 0.6 is 11.8 Å². The summed E-state index contributed by atoms with van der Waals surface area (Å²) in [7, 11) is 0. The molecule has 2 amide bonds. The van der Waals surface area contributed by atoms with Crippen molar-refractivity contribution in [2.45, 2.75) is 43.7 Å². The molecule has 5 heteroatoms. The minimum absolute atomic E-state index is 0.0428. The molecule has 2 atom stereocenters. The first-order valence-electron chi connectivity index (χ1n) is 6.92. The lowest BCUT2D eigenvalue weighted by atomic mass is 10.1. The Balaban J connectivity index is 1.92. The molecule has 0 bridgehead atoms. The minimum atomic E-state index is -0.375. The molecule has 0 aromatic heterocycles. The predicted molar refractivity (Wildman–Crippen MR) is 80.6 cm³/mol. The highest BCUT2D eigenvalue weighted by molar-refractivity contribution is 7.99. The molecule has 0 radical (unpaired) electrons. The van der Waals surface area contributed by atoms with Crippen molar-refractivity contribution in [1.82, 2.24) is 10.6 Å². The lowest BCUT2D eigenvalue weighted by Crippen LogP contribution is -2.42. The van der Waals surface area contributed by atoms with Gasteiger partial charge in [0.25, 0.3) is 0 Å². The highest BCUT2D eigenvalue weighted by atomic mass is 32.2. The summed E-state index contributed by atoms with van der Waals surface area (Å²) < 4.78 is 0. The van der Waals surface area contributed by atoms with E-state index in [-0.39, 0.29) is 23.9 Å². The number of hydrogen-bond acceptors (Lipinski definition) is 3. The lowest BCUT2D eigenvalue weighted by Gasteiger charge is -2.17. The molecular weight excluding hydrogens is 272 g/mol. The summed E-state index contributed by atoms with van der Waals surface area (Å²) in [5.41, 5.74) is 1.07. The molecule has 0 spiro atoms. The van der Waals surface area contributed by atoms with Gasteiger partial charge in [-0.05, 0) is 36.8 Å². The van der Waals surface area contributed by atoms with E-state index in [9.17, 15) is 9.59 Å². The largest absolute Gasteiger partial charge is 0.348 e. The van der Waals surface area contributed by atoms with E-state index in [0.29, 0.717) is 12.8 Å². The van der Waals surface area contributed by atoms with Crippen LogP contribution in [0.25, 0.3) is 0 Å². The Kier molecular flexibility index (Phi) is 5.06. The highest BCUT2D eigenvalue weighted by Crippen LogP contribution is 2.21. The molecule has 1 aliphatic rings. The Bertz CT molecular complexity index is 487. The van der Waals surface area contributed by atoms with Gasteiger partial charge in [0, 0.05) is 11.3 Å². The molecule has 20 heavy (non-hydrogen) atoms. The summed E-state index contributed by atoms with van der Waals surface area (Å²) in [6, 6.07) is 7.79. The van der Waals surface area contributed by atoms with Crippen molar-refractivity contribution in [3.63, 3.8) is 0 Å². The van der Waals surface area contributed by atoms with Crippen molar-refractivity contribution in [1.29, 1.82) is 0 Å². The Labute approximate surface area is 123 Å². The average molecular weight is 292 g/mol. The molecule has 0 unspecified atom stereocenters. The summed E-state index contributed by atoms with van der Waals surface area (Å²) in [5, 5.41) is 5.63. The lowest BCUT2D eigenvalue weighted by molar-refractivity contribution is -0.126. The molecule has 2 rings (SSSR count). The van der Waals surface area contributed by atoms with E-state index in [2.05, 4.69) is 29.7 Å². The van der Waals surface area contributed by atoms with Gasteiger partial charge in [-0.15, -0.1) is 11.8 Å². The Hall–Kier alpha value is -1.49. The van der Waals surface area contributed by atoms with Gasteiger partial charge in [0.15, 0.2) is 0 Å². The van der Waals surface area contributed by atoms with Crippen LogP contribution in [0.3, 0.4) is 0 Å². The minimum Gasteiger partial charge on any atom is -0.348 e. The van der Waals surface area contributed by atoms with Crippen LogP contribution in [0, 0.1) is 0 Å². The smallest absolute Gasteiger partial charge is 0.243 e. The second-order valence-corrected chi connectivity index (χ2v) is 6.23. The van der Waals surface area contributed by atoms with Crippen molar-refractivity contribution >= 4 is 23.6 Å². The number of rotatable bonds is 5. The van der Waals surface area contributed by atoms with Crippen LogP contribution in [-0.2, 0) is 9.59 Å². The molecule has 1 fully saturated rings. The molecule has 0 saturated carbocycles. The van der Waals surface area contributed by atoms with Gasteiger partial charge in [-0.2, -0.15) is 0 Å². The second kappa shape index (κ2) is 6.79. The molecule has 1 aliphatic heterocycles. The summed E-state index contributed by atoms with van der Waals surface area (Å²) in [4.78, 5) is 24.4. The van der Waals surface area contributed by atoms with E-state index < -0.39 is 0 Å². The van der Waals surface area contributed by atoms with Gasteiger partial charge in [0.05, 0.1) is 6.04 Å². The number of benzene rings is 1. The first-order valence-corrected chi connectivity index (χ1v) is 7.91. The Morgan fingerprint density at radius 1 is 1.45 bits per heavy atom. The van der Waals surface area contributed by atoms with Crippen LogP contribution in [0.2, 0.25) is 0 Å². The van der Waals surface area contributed by atoms with Crippen molar-refractivity contribution in [3.05, 3.63) is 29.8 Å². The zero-order chi connectivity index (χ0) is 14.5. The van der Waals surface area contributed by atoms with Crippen LogP contribution in [0.5, 0.6) is 0 Å². The summed E-state index contributed by atoms with van der Waals surface area (Å²) in [6.07, 6.45) is 1.03. The van der Waals surface area contributed by atoms with Crippen molar-refractivity contribution in [2.75, 3.05) is 5.75 Å². The van der Waals surface area contributed by atoms with Crippen molar-refractivity contribution in [2.24, 2.45) is 0 Å². The molecule has 1 aromatic rings. The van der Waals surface area contributed by atoms with Gasteiger partial charge >= 0.3 is 0 Å². The van der Waals surface area contributed by atoms with Crippen LogP contribution in [0.15, 0.2) is 29.2 Å². The molecule has 1 saturated heterocycles. The van der Waals surface area contributed by atoms with Crippen LogP contribution < -0.4 is 10.6 Å². The molecule has 4 nitrogen and oxygen atoms in total. The molecular formula is C15H20N2O2S. The highest BCUT2D eigenvalue weighted by Gasteiger charge is 2.27. The number of thioether (sulfide) groups is 1. The van der Waals surface area contributed by atoms with Crippen LogP contribution in [-0.4, -0.2) is 23.6 Å². The fraction of sp³-hybridized carbons (Fsp3) is 0.467. The fourth-order valence-electron chi connectivity index (χ4n) is 2.23. The number of hydrogen-bond donors (Lipinski definition) is 2. The van der Waals surface area contributed by atoms with Gasteiger partial charge in [0.1, 0.15) is 6.04 Å². The molecule has 108 valence electrons. The Morgan fingerprint density at radius 3 is 2.70 bits per heavy atom. The van der Waals surface area contributed by atoms with E-state index in [0.717, 1.165) is 11.3 Å². The zero-order valence-electron chi connectivity index (χ0n) is 11.8. The van der Waals surface area contributed by atoms with E-state index in [1.54, 1.807) is 11.8 Å². The first-order chi connectivity index (χ1) is 9.60. The normalized spacial score (nSPS) is 19.5. The third kappa shape index (κ3) is 3.76. The fourth-order valence-corrected chi connectivity index (χ4v) is 2.89. The molecule has 2 N–H and O–H groups in total. The molecule has 1 heterocycles. The third-order valence-corrected chi connectivity index (χ3v) is 4.26. The van der Waals surface area contributed by atoms with E-state index in [1.165, 1.54) is 4.90 Å². The van der Waals surface area contributed by atoms with Crippen LogP contribution in [0.1, 0.15) is 38.3 Å². The van der Waals surface area contributed by atoms with Gasteiger partial charge < -0.3 is 10.6 Å². The van der Waals surface area contributed by atoms with E-state index >= 15 is 0 Å². The maximum atomic E-state index is 12.0. The number of carbonyl (C=O) groups excluding carboxylic acids is 2. The standard InChI is InChI=1S/C15H20N2O2S/c1-3-20-12-6-4-11(5-7-12)10(2)16-15(19)13-8-9-14(18)17-13/h4-7,10,13H,3,8-9H2,1-2H3,(H,16,19)(H,17,18)/t10-,13+/m0/s1. The Morgan fingerprint density at radius 2 is 2.15 bits per heavy atom. The zero-order valence-corrected chi connectivity index (χ0v) is 12.6. The topological polar surface area (TPSA) is 58.2 Å². The van der Waals surface area contributed by atoms with E-state index in [1.807, 2.05) is 19.1 Å². The summed E-state index contributed by atoms with van der Waals surface area (Å²) in [5.74, 6) is 0.904. The monoisotopic (exact) mass is 292 g/mol. The third-order valence-electron chi connectivity index (χ3n) is 3.36. The van der Waals surface area contributed by atoms with Crippen LogP contribution in [0.4, 0.5) is 0 Å². The SMILES string of the molecule is CCSc1ccc([C@H](C)NC(=O)[C@H]2CCC(=O)N2)cc1. The van der Waals surface area contributed by atoms with Gasteiger partial charge in [-0.25, -0.2) is 0 Å². The van der Waals surface area contributed by atoms with E-state index in [4.69, 9.17) is 0 Å². The molecule has 1 aromatic carbocycles. The number of amides is 2. The number of carbonyl (C=O) groups is 2. The summed E-state index contributed by atoms with van der Waals surface area (Å²) >= 11 is 1.80. The van der Waals surface area contributed by atoms with Gasteiger partial charge in [0.2, 0.25) is 11.8 Å². The number of nitrogens with one attached hydrogen (secondary N) is 2. The predicted octanol–water partition coefficient (Wildman–Crippen LogP) is 2.25. The maximum absolute atomic E-state index is 12.0. The van der Waals surface area contributed by atoms with Gasteiger partial charge in [-0.1, -0.05) is 19.1 Å². The maximum Gasteiger partial charge on any atom is 0.243 e. The van der Waals surface area contributed by atoms with Gasteiger partial charge in [-0.3, -0.25) is 9.59 Å². The van der Waals surface area contributed by atoms with Crippen molar-refractivity contribution in [3.8, 4) is 0 Å². The summed E-state index contributed by atoms with van der Waals surface area (Å²) in [6.45, 7) is 4.08. The second-order valence-electron chi connectivity index (χ2n) is 4.89. The molecule has 0 aliphatic carbocycles. The quantitative estimate of drug-likeness (QED) is 0.818.